The second kappa shape index (κ2) is 8.52. The lowest BCUT2D eigenvalue weighted by Crippen LogP contribution is -2.32. The maximum Gasteiger partial charge on any atom is 0.349 e. The number of likely N-dealkylation sites (tertiary alicyclic amines) is 1. The number of ether oxygens (including phenoxy) is 1. The van der Waals surface area contributed by atoms with Crippen LogP contribution in [-0.4, -0.2) is 41.0 Å². The zero-order valence-electron chi connectivity index (χ0n) is 15.2. The largest absolute Gasteiger partial charge is 0.451 e. The summed E-state index contributed by atoms with van der Waals surface area (Å²) < 4.78 is 7.19. The zero-order valence-corrected chi connectivity index (χ0v) is 15.2. The molecule has 0 spiro atoms. The van der Waals surface area contributed by atoms with Crippen LogP contribution in [0.15, 0.2) is 11.6 Å². The Hall–Kier alpha value is -2.55. The fraction of sp³-hybridized carbons (Fsp3) is 0.526. The molecule has 0 atom stereocenters. The molecule has 0 aromatic carbocycles. The van der Waals surface area contributed by atoms with E-state index in [2.05, 4.69) is 11.5 Å². The normalized spacial score (nSPS) is 14.5. The first kappa shape index (κ1) is 18.8. The maximum absolute atomic E-state index is 12.1. The molecule has 1 aromatic heterocycles. The van der Waals surface area contributed by atoms with Gasteiger partial charge in [-0.05, 0) is 50.8 Å². The third-order valence-corrected chi connectivity index (χ3v) is 4.49. The second-order valence-corrected chi connectivity index (χ2v) is 6.31. The molecule has 1 aliphatic heterocycles. The van der Waals surface area contributed by atoms with Crippen molar-refractivity contribution in [1.82, 2.24) is 9.47 Å². The summed E-state index contributed by atoms with van der Waals surface area (Å²) in [6.45, 7) is 8.06. The highest BCUT2D eigenvalue weighted by Gasteiger charge is 2.20. The number of amides is 1. The lowest BCUT2D eigenvalue weighted by atomic mass is 10.1. The number of rotatable bonds is 6. The molecule has 6 nitrogen and oxygen atoms in total. The van der Waals surface area contributed by atoms with E-state index in [0.29, 0.717) is 13.1 Å². The molecule has 1 saturated heterocycles. The summed E-state index contributed by atoms with van der Waals surface area (Å²) in [4.78, 5) is 25.8. The minimum atomic E-state index is -0.754. The summed E-state index contributed by atoms with van der Waals surface area (Å²) >= 11 is 0. The van der Waals surface area contributed by atoms with Crippen LogP contribution in [0.4, 0.5) is 0 Å². The summed E-state index contributed by atoms with van der Waals surface area (Å²) in [6, 6.07) is 3.83. The van der Waals surface area contributed by atoms with Gasteiger partial charge in [-0.15, -0.1) is 0 Å². The Labute approximate surface area is 148 Å². The van der Waals surface area contributed by atoms with Crippen LogP contribution >= 0.6 is 0 Å². The van der Waals surface area contributed by atoms with E-state index in [1.807, 2.05) is 26.0 Å². The summed E-state index contributed by atoms with van der Waals surface area (Å²) in [5.41, 5.74) is 2.82. The van der Waals surface area contributed by atoms with E-state index in [-0.39, 0.29) is 18.1 Å². The highest BCUT2D eigenvalue weighted by Crippen LogP contribution is 2.19. The molecule has 1 amide bonds. The van der Waals surface area contributed by atoms with Crippen molar-refractivity contribution in [2.75, 3.05) is 19.7 Å². The van der Waals surface area contributed by atoms with Crippen LogP contribution in [-0.2, 0) is 20.9 Å². The average molecular weight is 343 g/mol. The van der Waals surface area contributed by atoms with Gasteiger partial charge in [0.25, 0.3) is 5.91 Å². The van der Waals surface area contributed by atoms with E-state index in [4.69, 9.17) is 4.74 Å². The molecule has 1 fully saturated rings. The molecule has 25 heavy (non-hydrogen) atoms. The van der Waals surface area contributed by atoms with Gasteiger partial charge in [0.2, 0.25) is 0 Å². The summed E-state index contributed by atoms with van der Waals surface area (Å²) in [7, 11) is 0. The van der Waals surface area contributed by atoms with Gasteiger partial charge in [0.1, 0.15) is 11.6 Å². The molecule has 0 bridgehead atoms. The monoisotopic (exact) mass is 343 g/mol. The predicted molar refractivity (Wildman–Crippen MR) is 94.6 cm³/mol. The standard InChI is InChI=1S/C19H25N3O3/c1-4-7-22-14(2)10-16(15(22)3)11-17(12-20)19(24)25-13-18(23)21-8-5-6-9-21/h10-11H,4-9,13H2,1-3H3. The molecule has 0 saturated carbocycles. The van der Waals surface area contributed by atoms with E-state index in [1.54, 1.807) is 4.90 Å². The van der Waals surface area contributed by atoms with Crippen LogP contribution in [0.5, 0.6) is 0 Å². The molecule has 0 N–H and O–H groups in total. The van der Waals surface area contributed by atoms with Crippen LogP contribution in [0.3, 0.4) is 0 Å². The van der Waals surface area contributed by atoms with Crippen molar-refractivity contribution in [1.29, 1.82) is 5.26 Å². The molecule has 6 heteroatoms. The van der Waals surface area contributed by atoms with E-state index in [9.17, 15) is 14.9 Å². The van der Waals surface area contributed by atoms with Crippen molar-refractivity contribution < 1.29 is 14.3 Å². The van der Waals surface area contributed by atoms with Gasteiger partial charge >= 0.3 is 5.97 Å². The molecule has 2 rings (SSSR count). The van der Waals surface area contributed by atoms with Gasteiger partial charge in [0, 0.05) is 31.0 Å². The van der Waals surface area contributed by atoms with Crippen molar-refractivity contribution in [3.8, 4) is 6.07 Å². The number of nitrogens with zero attached hydrogens (tertiary/aromatic N) is 3. The van der Waals surface area contributed by atoms with Crippen LogP contribution in [0.1, 0.15) is 43.1 Å². The van der Waals surface area contributed by atoms with Crippen molar-refractivity contribution in [3.63, 3.8) is 0 Å². The SMILES string of the molecule is CCCn1c(C)cc(C=C(C#N)C(=O)OCC(=O)N2CCCC2)c1C. The maximum atomic E-state index is 12.1. The highest BCUT2D eigenvalue weighted by molar-refractivity contribution is 5.99. The predicted octanol–water partition coefficient (Wildman–Crippen LogP) is 2.59. The fourth-order valence-corrected chi connectivity index (χ4v) is 3.10. The van der Waals surface area contributed by atoms with Gasteiger partial charge in [-0.3, -0.25) is 4.79 Å². The zero-order chi connectivity index (χ0) is 18.4. The van der Waals surface area contributed by atoms with Gasteiger partial charge in [-0.2, -0.15) is 5.26 Å². The van der Waals surface area contributed by atoms with E-state index >= 15 is 0 Å². The Morgan fingerprint density at radius 3 is 2.60 bits per heavy atom. The van der Waals surface area contributed by atoms with Crippen LogP contribution in [0, 0.1) is 25.2 Å². The molecule has 134 valence electrons. The fourth-order valence-electron chi connectivity index (χ4n) is 3.10. The number of carbonyl (C=O) groups is 2. The second-order valence-electron chi connectivity index (χ2n) is 6.31. The smallest absolute Gasteiger partial charge is 0.349 e. The molecular formula is C19H25N3O3. The molecule has 0 aliphatic carbocycles. The lowest BCUT2D eigenvalue weighted by Gasteiger charge is -2.14. The Morgan fingerprint density at radius 2 is 2.00 bits per heavy atom. The number of aromatic nitrogens is 1. The first-order valence-electron chi connectivity index (χ1n) is 8.71. The molecule has 0 radical (unpaired) electrons. The number of hydrogen-bond donors (Lipinski definition) is 0. The lowest BCUT2D eigenvalue weighted by molar-refractivity contribution is -0.148. The Kier molecular flexibility index (Phi) is 6.40. The molecule has 0 unspecified atom stereocenters. The quantitative estimate of drug-likeness (QED) is 0.452. The Morgan fingerprint density at radius 1 is 1.32 bits per heavy atom. The molecule has 1 aliphatic rings. The minimum Gasteiger partial charge on any atom is -0.451 e. The Bertz CT molecular complexity index is 719. The molecule has 1 aromatic rings. The van der Waals surface area contributed by atoms with Crippen molar-refractivity contribution in [3.05, 3.63) is 28.6 Å². The van der Waals surface area contributed by atoms with E-state index < -0.39 is 5.97 Å². The van der Waals surface area contributed by atoms with Crippen molar-refractivity contribution in [2.45, 2.75) is 46.6 Å². The van der Waals surface area contributed by atoms with Crippen LogP contribution in [0.25, 0.3) is 6.08 Å². The number of hydrogen-bond acceptors (Lipinski definition) is 4. The van der Waals surface area contributed by atoms with Gasteiger partial charge in [0.15, 0.2) is 6.61 Å². The van der Waals surface area contributed by atoms with Gasteiger partial charge in [-0.1, -0.05) is 6.92 Å². The summed E-state index contributed by atoms with van der Waals surface area (Å²) in [5, 5.41) is 9.28. The van der Waals surface area contributed by atoms with Gasteiger partial charge < -0.3 is 14.2 Å². The number of aryl methyl sites for hydroxylation is 1. The van der Waals surface area contributed by atoms with Crippen LogP contribution < -0.4 is 0 Å². The first-order valence-corrected chi connectivity index (χ1v) is 8.71. The third-order valence-electron chi connectivity index (χ3n) is 4.49. The third kappa shape index (κ3) is 4.50. The van der Waals surface area contributed by atoms with E-state index in [1.165, 1.54) is 6.08 Å². The van der Waals surface area contributed by atoms with Gasteiger partial charge in [0.05, 0.1) is 0 Å². The first-order chi connectivity index (χ1) is 12.0. The molecule has 2 heterocycles. The van der Waals surface area contributed by atoms with Crippen molar-refractivity contribution in [2.24, 2.45) is 0 Å². The highest BCUT2D eigenvalue weighted by atomic mass is 16.5. The van der Waals surface area contributed by atoms with E-state index in [0.717, 1.165) is 42.8 Å². The van der Waals surface area contributed by atoms with Crippen LogP contribution in [0.2, 0.25) is 0 Å². The Balaban J connectivity index is 2.06. The number of carbonyl (C=O) groups excluding carboxylic acids is 2. The van der Waals surface area contributed by atoms with Crippen molar-refractivity contribution >= 4 is 18.0 Å². The average Bonchev–Trinajstić information content (AvgIpc) is 3.22. The number of esters is 1. The van der Waals surface area contributed by atoms with Gasteiger partial charge in [-0.25, -0.2) is 4.79 Å². The summed E-state index contributed by atoms with van der Waals surface area (Å²) in [6.07, 6.45) is 4.51. The number of nitriles is 1. The summed E-state index contributed by atoms with van der Waals surface area (Å²) in [5.74, 6) is -0.959. The molecular weight excluding hydrogens is 318 g/mol. The topological polar surface area (TPSA) is 75.3 Å². The minimum absolute atomic E-state index is 0.0917.